The number of hydrogen-bond donors (Lipinski definition) is 3. The first-order valence-corrected chi connectivity index (χ1v) is 11.2. The van der Waals surface area contributed by atoms with E-state index in [0.717, 1.165) is 27.9 Å². The number of amides is 1. The number of nitrogens with one attached hydrogen (secondary N) is 3. The van der Waals surface area contributed by atoms with Crippen LogP contribution < -0.4 is 16.3 Å². The summed E-state index contributed by atoms with van der Waals surface area (Å²) in [4.78, 5) is 60.2. The molecular weight excluding hydrogens is 496 g/mol. The van der Waals surface area contributed by atoms with Crippen molar-refractivity contribution in [3.63, 3.8) is 0 Å². The summed E-state index contributed by atoms with van der Waals surface area (Å²) in [5, 5.41) is 4.27. The largest absolute Gasteiger partial charge is 0.477 e. The normalized spacial score (nSPS) is 22.2. The highest BCUT2D eigenvalue weighted by Gasteiger charge is 2.49. The van der Waals surface area contributed by atoms with Gasteiger partial charge in [-0.1, -0.05) is 0 Å². The molecule has 2 aliphatic heterocycles. The van der Waals surface area contributed by atoms with E-state index >= 15 is 0 Å². The maximum absolute atomic E-state index is 12.5. The fourth-order valence-electron chi connectivity index (χ4n) is 3.77. The molecule has 0 aromatic rings. The Labute approximate surface area is 213 Å². The molecule has 206 valence electrons. The molecule has 2 aliphatic rings. The molecule has 2 rings (SSSR count). The predicted molar refractivity (Wildman–Crippen MR) is 122 cm³/mol. The van der Waals surface area contributed by atoms with E-state index in [-0.39, 0.29) is 12.4 Å². The Bertz CT molecular complexity index is 951. The topological polar surface area (TPSA) is 180 Å². The average Bonchev–Trinajstić information content (AvgIpc) is 3.28. The van der Waals surface area contributed by atoms with Gasteiger partial charge in [-0.15, -0.1) is 5.53 Å². The van der Waals surface area contributed by atoms with Crippen molar-refractivity contribution >= 4 is 29.8 Å². The highest BCUT2D eigenvalue weighted by Crippen LogP contribution is 2.29. The Hall–Kier alpha value is -3.85. The van der Waals surface area contributed by atoms with Gasteiger partial charge in [-0.2, -0.15) is 0 Å². The summed E-state index contributed by atoms with van der Waals surface area (Å²) in [5.41, 5.74) is 6.41. The van der Waals surface area contributed by atoms with Crippen molar-refractivity contribution in [2.75, 3.05) is 27.4 Å². The Kier molecular flexibility index (Phi) is 10.7. The van der Waals surface area contributed by atoms with Crippen LogP contribution in [0.15, 0.2) is 23.7 Å². The van der Waals surface area contributed by atoms with Crippen molar-refractivity contribution in [2.24, 2.45) is 0 Å². The lowest BCUT2D eigenvalue weighted by molar-refractivity contribution is -0.189. The van der Waals surface area contributed by atoms with E-state index in [9.17, 15) is 24.0 Å². The Morgan fingerprint density at radius 1 is 1.05 bits per heavy atom. The summed E-state index contributed by atoms with van der Waals surface area (Å²) < 4.78 is 31.6. The number of nitrogens with zero attached hydrogens (tertiary/aromatic N) is 1. The second-order valence-corrected chi connectivity index (χ2v) is 8.08. The molecule has 1 amide bonds. The molecule has 37 heavy (non-hydrogen) atoms. The van der Waals surface area contributed by atoms with Gasteiger partial charge in [0, 0.05) is 41.0 Å². The van der Waals surface area contributed by atoms with Crippen LogP contribution in [0.3, 0.4) is 0 Å². The number of methoxy groups -OCH3 is 2. The zero-order valence-electron chi connectivity index (χ0n) is 21.4. The van der Waals surface area contributed by atoms with E-state index in [4.69, 9.17) is 28.4 Å². The number of ether oxygens (including phenoxy) is 6. The Balaban J connectivity index is 2.61. The molecule has 0 radical (unpaired) electrons. The summed E-state index contributed by atoms with van der Waals surface area (Å²) in [6, 6.07) is -1.83. The Morgan fingerprint density at radius 3 is 2.27 bits per heavy atom. The molecule has 0 aromatic heterocycles. The smallest absolute Gasteiger partial charge is 0.373 e. The molecule has 5 atom stereocenters. The summed E-state index contributed by atoms with van der Waals surface area (Å²) in [7, 11) is 2.65. The fraction of sp³-hybridized carbons (Fsp3) is 0.591. The van der Waals surface area contributed by atoms with Crippen molar-refractivity contribution in [1.29, 1.82) is 0 Å². The van der Waals surface area contributed by atoms with Gasteiger partial charge in [-0.3, -0.25) is 24.2 Å². The SMILES string of the molecule is COCC1=CN([C@H]2C=C(C(=O)OC)O[C@@H]([C@H](OC(C)=O)C(COC(C)=O)OC(C)=O)[C@@H]2NC(C)=O)NN1. The lowest BCUT2D eigenvalue weighted by Crippen LogP contribution is -2.65. The van der Waals surface area contributed by atoms with E-state index in [1.807, 2.05) is 0 Å². The minimum absolute atomic E-state index is 0.224. The standard InChI is InChI=1S/C22H32N4O11/c1-11(27)23-19-16(26-8-15(9-32-5)24-25-26)7-17(22(31)33-6)37-21(19)20(36-14(4)30)18(35-13(3)29)10-34-12(2)28/h7-8,16,18-21,24-25H,9-10H2,1-6H3,(H,23,27)/t16-,18?,19+,20+,21+/m0/s1. The summed E-state index contributed by atoms with van der Waals surface area (Å²) >= 11 is 0. The Morgan fingerprint density at radius 2 is 1.73 bits per heavy atom. The first-order valence-electron chi connectivity index (χ1n) is 11.2. The molecule has 1 unspecified atom stereocenters. The molecule has 0 spiro atoms. The number of rotatable bonds is 11. The van der Waals surface area contributed by atoms with Crippen LogP contribution in [-0.4, -0.2) is 92.6 Å². The summed E-state index contributed by atoms with van der Waals surface area (Å²) in [6.45, 7) is 4.36. The van der Waals surface area contributed by atoms with Crippen molar-refractivity contribution in [3.05, 3.63) is 23.7 Å². The highest BCUT2D eigenvalue weighted by molar-refractivity contribution is 5.86. The highest BCUT2D eigenvalue weighted by atomic mass is 16.6. The van der Waals surface area contributed by atoms with Crippen LogP contribution in [0.25, 0.3) is 0 Å². The van der Waals surface area contributed by atoms with Crippen LogP contribution >= 0.6 is 0 Å². The lowest BCUT2D eigenvalue weighted by atomic mass is 9.91. The minimum Gasteiger partial charge on any atom is -0.477 e. The molecule has 0 aliphatic carbocycles. The molecule has 15 nitrogen and oxygen atoms in total. The fourth-order valence-corrected chi connectivity index (χ4v) is 3.77. The first kappa shape index (κ1) is 29.4. The van der Waals surface area contributed by atoms with E-state index in [1.165, 1.54) is 25.1 Å². The van der Waals surface area contributed by atoms with Gasteiger partial charge in [0.05, 0.1) is 31.5 Å². The van der Waals surface area contributed by atoms with E-state index < -0.39 is 66.8 Å². The monoisotopic (exact) mass is 528 g/mol. The van der Waals surface area contributed by atoms with Crippen molar-refractivity contribution in [2.45, 2.75) is 58.1 Å². The van der Waals surface area contributed by atoms with Gasteiger partial charge in [-0.05, 0) is 6.08 Å². The van der Waals surface area contributed by atoms with Gasteiger partial charge < -0.3 is 39.2 Å². The van der Waals surface area contributed by atoms with Gasteiger partial charge in [0.15, 0.2) is 18.3 Å². The van der Waals surface area contributed by atoms with Crippen LogP contribution in [0.1, 0.15) is 27.7 Å². The van der Waals surface area contributed by atoms with Gasteiger partial charge >= 0.3 is 23.9 Å². The summed E-state index contributed by atoms with van der Waals surface area (Å²) in [5.74, 6) is -3.82. The molecule has 0 aromatic carbocycles. The maximum Gasteiger partial charge on any atom is 0.373 e. The third kappa shape index (κ3) is 8.35. The van der Waals surface area contributed by atoms with Crippen LogP contribution in [0.4, 0.5) is 0 Å². The molecular formula is C22H32N4O11. The minimum atomic E-state index is -1.44. The van der Waals surface area contributed by atoms with E-state index in [2.05, 4.69) is 16.3 Å². The molecule has 0 bridgehead atoms. The second kappa shape index (κ2) is 13.5. The van der Waals surface area contributed by atoms with Gasteiger partial charge in [-0.25, -0.2) is 4.79 Å². The molecule has 0 saturated carbocycles. The molecule has 2 heterocycles. The molecule has 3 N–H and O–H groups in total. The number of carbonyl (C=O) groups is 5. The van der Waals surface area contributed by atoms with Gasteiger partial charge in [0.1, 0.15) is 6.61 Å². The second-order valence-electron chi connectivity index (χ2n) is 8.08. The number of hydrogen-bond acceptors (Lipinski definition) is 14. The maximum atomic E-state index is 12.5. The van der Waals surface area contributed by atoms with E-state index in [1.54, 1.807) is 6.20 Å². The van der Waals surface area contributed by atoms with E-state index in [0.29, 0.717) is 5.70 Å². The zero-order valence-corrected chi connectivity index (χ0v) is 21.4. The quantitative estimate of drug-likeness (QED) is 0.209. The predicted octanol–water partition coefficient (Wildman–Crippen LogP) is -1.45. The van der Waals surface area contributed by atoms with Gasteiger partial charge in [0.2, 0.25) is 11.7 Å². The summed E-state index contributed by atoms with van der Waals surface area (Å²) in [6.07, 6.45) is -1.07. The lowest BCUT2D eigenvalue weighted by Gasteiger charge is -2.43. The van der Waals surface area contributed by atoms with Crippen molar-refractivity contribution in [1.82, 2.24) is 21.3 Å². The van der Waals surface area contributed by atoms with Crippen LogP contribution in [0, 0.1) is 0 Å². The van der Waals surface area contributed by atoms with Crippen molar-refractivity contribution in [3.8, 4) is 0 Å². The third-order valence-corrected chi connectivity index (χ3v) is 5.09. The first-order chi connectivity index (χ1) is 17.5. The van der Waals surface area contributed by atoms with Crippen LogP contribution in [0.5, 0.6) is 0 Å². The molecule has 0 saturated heterocycles. The number of esters is 4. The molecule has 0 fully saturated rings. The number of hydrazine groups is 2. The van der Waals surface area contributed by atoms with Gasteiger partial charge in [0.25, 0.3) is 0 Å². The zero-order chi connectivity index (χ0) is 27.7. The van der Waals surface area contributed by atoms with Crippen LogP contribution in [-0.2, 0) is 52.4 Å². The van der Waals surface area contributed by atoms with Crippen LogP contribution in [0.2, 0.25) is 0 Å². The average molecular weight is 529 g/mol. The third-order valence-electron chi connectivity index (χ3n) is 5.09. The van der Waals surface area contributed by atoms with Crippen molar-refractivity contribution < 1.29 is 52.4 Å². The number of carbonyl (C=O) groups excluding carboxylic acids is 5. The molecule has 15 heteroatoms.